The van der Waals surface area contributed by atoms with E-state index in [1.807, 2.05) is 0 Å². The fourth-order valence-electron chi connectivity index (χ4n) is 30.9. The van der Waals surface area contributed by atoms with Crippen LogP contribution >= 0.6 is 0 Å². The second kappa shape index (κ2) is 48.6. The van der Waals surface area contributed by atoms with E-state index in [-0.39, 0.29) is 0 Å². The van der Waals surface area contributed by atoms with Crippen molar-refractivity contribution in [1.82, 2.24) is 19.6 Å². The maximum atomic E-state index is 3.74. The summed E-state index contributed by atoms with van der Waals surface area (Å²) in [5.41, 5.74) is 0. The highest BCUT2D eigenvalue weighted by molar-refractivity contribution is 5.19. The Bertz CT molecular complexity index is 2240. The van der Waals surface area contributed by atoms with Gasteiger partial charge in [0.05, 0.1) is 0 Å². The number of rotatable bonds is 46. The highest BCUT2D eigenvalue weighted by Crippen LogP contribution is 2.68. The van der Waals surface area contributed by atoms with Crippen LogP contribution in [-0.4, -0.2) is 92.1 Å². The van der Waals surface area contributed by atoms with Crippen molar-refractivity contribution in [2.45, 2.75) is 591 Å². The smallest absolute Gasteiger partial charge is 0.0150 e. The fourth-order valence-corrected chi connectivity index (χ4v) is 30.9. The van der Waals surface area contributed by atoms with Crippen LogP contribution in [-0.2, 0) is 0 Å². The van der Waals surface area contributed by atoms with E-state index in [2.05, 4.69) is 88.8 Å². The van der Waals surface area contributed by atoms with Gasteiger partial charge in [0.2, 0.25) is 0 Å². The third-order valence-corrected chi connectivity index (χ3v) is 37.2. The third-order valence-electron chi connectivity index (χ3n) is 37.2. The summed E-state index contributed by atoms with van der Waals surface area (Å²) in [6, 6.07) is 9.65. The van der Waals surface area contributed by atoms with Crippen LogP contribution in [0.25, 0.3) is 0 Å². The van der Waals surface area contributed by atoms with Crippen molar-refractivity contribution in [3.63, 3.8) is 0 Å². The Morgan fingerprint density at radius 3 is 0.598 bits per heavy atom. The summed E-state index contributed by atoms with van der Waals surface area (Å²) in [5.74, 6) is 14.8. The maximum Gasteiger partial charge on any atom is 0.0150 e. The summed E-state index contributed by atoms with van der Waals surface area (Å²) < 4.78 is 0. The Kier molecular flexibility index (Phi) is 39.5. The van der Waals surface area contributed by atoms with Crippen LogP contribution in [0.15, 0.2) is 0 Å². The third kappa shape index (κ3) is 25.1. The molecule has 0 aromatic carbocycles. The van der Waals surface area contributed by atoms with E-state index in [9.17, 15) is 0 Å². The van der Waals surface area contributed by atoms with Gasteiger partial charge in [-0.1, -0.05) is 288 Å². The average Bonchev–Trinajstić information content (AvgIpc) is 0.689. The van der Waals surface area contributed by atoms with Gasteiger partial charge < -0.3 is 0 Å². The molecule has 0 radical (unpaired) electrons. The Labute approximate surface area is 701 Å². The molecular formula is C108H198N4. The van der Waals surface area contributed by atoms with Gasteiger partial charge in [-0.3, -0.25) is 19.6 Å². The largest absolute Gasteiger partial charge is 0.294 e. The van der Waals surface area contributed by atoms with E-state index >= 15 is 0 Å². The first-order valence-electron chi connectivity index (χ1n) is 54.1. The van der Waals surface area contributed by atoms with Crippen molar-refractivity contribution in [1.29, 1.82) is 0 Å². The zero-order chi connectivity index (χ0) is 78.0. The quantitative estimate of drug-likeness (QED) is 0.0563. The molecule has 12 fully saturated rings. The molecule has 12 saturated carbocycles. The molecule has 12 unspecified atom stereocenters. The number of hydrogen-bond acceptors (Lipinski definition) is 4. The minimum Gasteiger partial charge on any atom is -0.294 e. The molecule has 12 rings (SSSR count). The van der Waals surface area contributed by atoms with Gasteiger partial charge in [0.25, 0.3) is 0 Å². The maximum absolute atomic E-state index is 3.74. The average molecular weight is 1550 g/mol. The van der Waals surface area contributed by atoms with Crippen LogP contribution in [0.4, 0.5) is 0 Å². The van der Waals surface area contributed by atoms with Crippen molar-refractivity contribution in [3.8, 4) is 0 Å². The molecule has 0 N–H and O–H groups in total. The molecule has 4 heteroatoms. The molecular weight excluding hydrogens is 1350 g/mol. The first kappa shape index (κ1) is 91.1. The molecule has 0 spiro atoms. The molecule has 0 aliphatic heterocycles. The minimum atomic E-state index is 0.782. The summed E-state index contributed by atoms with van der Waals surface area (Å²) >= 11 is 0. The Morgan fingerprint density at radius 2 is 0.375 bits per heavy atom. The summed E-state index contributed by atoms with van der Waals surface area (Å²) in [7, 11) is 0. The van der Waals surface area contributed by atoms with E-state index in [0.29, 0.717) is 0 Å². The SMILES string of the molecule is CCCCCCCCC1CCC(N(C2CCC(C)CC2)C2CC(N(C3CCC(C)CC3)C3CCC(CCCCCCCC)CC3)C3C(CCCC)CC4C5C3C2CC(CCCC)C5C(N(C2CCC(C)CC2)C2CCC(CCCCCCCC)CC2)CC4N(C2CCC(C)CC2)C2CCC(CCCCCCCC)CC2)CC1. The van der Waals surface area contributed by atoms with Crippen LogP contribution in [0.1, 0.15) is 519 Å². The lowest BCUT2D eigenvalue weighted by Gasteiger charge is -2.72. The topological polar surface area (TPSA) is 13.0 Å². The lowest BCUT2D eigenvalue weighted by Crippen LogP contribution is -2.74. The Balaban J connectivity index is 1.00. The predicted molar refractivity (Wildman–Crippen MR) is 489 cm³/mol. The van der Waals surface area contributed by atoms with Gasteiger partial charge >= 0.3 is 0 Å². The van der Waals surface area contributed by atoms with Crippen molar-refractivity contribution in [2.75, 3.05) is 0 Å². The summed E-state index contributed by atoms with van der Waals surface area (Å²) in [6.07, 6.45) is 105. The summed E-state index contributed by atoms with van der Waals surface area (Å²) in [5, 5.41) is 0. The second-order valence-corrected chi connectivity index (χ2v) is 45.0. The van der Waals surface area contributed by atoms with Gasteiger partial charge in [-0.2, -0.15) is 0 Å². The molecule has 112 heavy (non-hydrogen) atoms. The van der Waals surface area contributed by atoms with Gasteiger partial charge in [0.15, 0.2) is 0 Å². The van der Waals surface area contributed by atoms with E-state index in [4.69, 9.17) is 0 Å². The first-order chi connectivity index (χ1) is 55.0. The Morgan fingerprint density at radius 1 is 0.179 bits per heavy atom. The lowest BCUT2D eigenvalue weighted by molar-refractivity contribution is -0.225. The summed E-state index contributed by atoms with van der Waals surface area (Å²) in [4.78, 5) is 15.0. The Hall–Kier alpha value is -0.160. The zero-order valence-electron chi connectivity index (χ0n) is 77.5. The molecule has 0 aromatic heterocycles. The van der Waals surface area contributed by atoms with Gasteiger partial charge in [-0.15, -0.1) is 0 Å². The molecule has 0 bridgehead atoms. The van der Waals surface area contributed by atoms with Gasteiger partial charge in [0, 0.05) is 72.5 Å². The first-order valence-corrected chi connectivity index (χ1v) is 54.1. The molecule has 12 atom stereocenters. The number of unbranched alkanes of at least 4 members (excludes halogenated alkanes) is 22. The normalized spacial score (nSPS) is 39.6. The van der Waals surface area contributed by atoms with E-state index in [1.54, 1.807) is 89.9 Å². The van der Waals surface area contributed by atoms with E-state index in [0.717, 1.165) is 167 Å². The second-order valence-electron chi connectivity index (χ2n) is 45.0. The van der Waals surface area contributed by atoms with E-state index < -0.39 is 0 Å². The fraction of sp³-hybridized carbons (Fsp3) is 1.00. The zero-order valence-corrected chi connectivity index (χ0v) is 77.5. The summed E-state index contributed by atoms with van der Waals surface area (Å²) in [6.45, 7) is 25.7. The number of hydrogen-bond donors (Lipinski definition) is 0. The van der Waals surface area contributed by atoms with Gasteiger partial charge in [-0.05, 0) is 326 Å². The molecule has 0 amide bonds. The monoisotopic (exact) mass is 1550 g/mol. The highest BCUT2D eigenvalue weighted by atomic mass is 15.3. The molecule has 0 aromatic rings. The molecule has 12 aliphatic rings. The standard InChI is InChI=1S/C108H198N4/c1-11-17-23-27-31-35-39-85-53-69-95(70-54-85)109(91-61-45-81(7)46-62-91)101-79-103(111(93-65-49-83(9)50-66-93)97-73-57-87(58-74-97)41-37-33-29-25-19-13-3)105-90(44-22-16-6)78-100-102(110(92-63-47-82(8)48-64-92)96-71-55-86(56-72-96)40-36-32-28-24-18-12-2)80-104(106-89(43-21-15-5)77-99(101)107(105)108(100)106)112(94-67-51-84(10)52-68-94)98-75-59-88(60-76-98)42-38-34-30-26-20-14-4/h81-108H,11-80H2,1-10H3. The number of nitrogens with zero attached hydrogens (tertiary/aromatic N) is 4. The van der Waals surface area contributed by atoms with Crippen molar-refractivity contribution >= 4 is 0 Å². The van der Waals surface area contributed by atoms with Crippen molar-refractivity contribution < 1.29 is 0 Å². The molecule has 0 saturated heterocycles. The predicted octanol–water partition coefficient (Wildman–Crippen LogP) is 32.1. The van der Waals surface area contributed by atoms with Crippen LogP contribution in [0, 0.1) is 94.7 Å². The van der Waals surface area contributed by atoms with Crippen LogP contribution in [0.3, 0.4) is 0 Å². The lowest BCUT2D eigenvalue weighted by atomic mass is 9.40. The molecule has 12 aliphatic carbocycles. The van der Waals surface area contributed by atoms with Gasteiger partial charge in [-0.25, -0.2) is 0 Å². The van der Waals surface area contributed by atoms with Crippen molar-refractivity contribution in [2.24, 2.45) is 94.7 Å². The minimum absolute atomic E-state index is 0.782. The molecule has 4 nitrogen and oxygen atoms in total. The molecule has 0 heterocycles. The highest BCUT2D eigenvalue weighted by Gasteiger charge is 2.68. The molecule has 650 valence electrons. The van der Waals surface area contributed by atoms with Crippen molar-refractivity contribution in [3.05, 3.63) is 0 Å². The van der Waals surface area contributed by atoms with Crippen LogP contribution in [0.5, 0.6) is 0 Å². The van der Waals surface area contributed by atoms with Crippen LogP contribution in [0.2, 0.25) is 0 Å². The van der Waals surface area contributed by atoms with Gasteiger partial charge in [0.1, 0.15) is 0 Å². The van der Waals surface area contributed by atoms with E-state index in [1.165, 1.54) is 360 Å². The van der Waals surface area contributed by atoms with Crippen LogP contribution < -0.4 is 0 Å².